The zero-order chi connectivity index (χ0) is 19.6. The molecule has 0 heterocycles. The van der Waals surface area contributed by atoms with E-state index in [1.807, 2.05) is 49.4 Å². The van der Waals surface area contributed by atoms with Gasteiger partial charge in [0.15, 0.2) is 11.7 Å². The molecule has 0 unspecified atom stereocenters. The maximum Gasteiger partial charge on any atom is 0.276 e. The number of hydrogen-bond acceptors (Lipinski definition) is 4. The standard InChI is InChI=1S/C19H18BrN3O3S/c1-13-11-15(8-9-16(13)20)26-12-18(25)22-23-19(27)21-17(24)10-7-14-5-3-2-4-6-14/h2-11H,12H2,1H3,(H,22,25)(H2,21,23,24,27)/b10-7+. The van der Waals surface area contributed by atoms with Crippen LogP contribution in [0, 0.1) is 6.92 Å². The minimum Gasteiger partial charge on any atom is -0.484 e. The first-order chi connectivity index (χ1) is 12.9. The van der Waals surface area contributed by atoms with Gasteiger partial charge in [0.1, 0.15) is 5.75 Å². The SMILES string of the molecule is Cc1cc(OCC(=O)NNC(=S)NC(=O)/C=C/c2ccccc2)ccc1Br. The number of thiocarbonyl (C=S) groups is 1. The molecule has 6 nitrogen and oxygen atoms in total. The molecule has 2 aromatic carbocycles. The van der Waals surface area contributed by atoms with Crippen molar-refractivity contribution in [1.29, 1.82) is 0 Å². The normalized spacial score (nSPS) is 10.3. The second-order valence-corrected chi connectivity index (χ2v) is 6.70. The summed E-state index contributed by atoms with van der Waals surface area (Å²) >= 11 is 8.35. The maximum absolute atomic E-state index is 11.8. The van der Waals surface area contributed by atoms with Crippen LogP contribution in [0.1, 0.15) is 11.1 Å². The van der Waals surface area contributed by atoms with Crippen molar-refractivity contribution in [2.24, 2.45) is 0 Å². The summed E-state index contributed by atoms with van der Waals surface area (Å²) in [6, 6.07) is 14.8. The molecule has 0 aliphatic carbocycles. The molecule has 0 saturated heterocycles. The van der Waals surface area contributed by atoms with Crippen LogP contribution >= 0.6 is 28.1 Å². The van der Waals surface area contributed by atoms with Crippen molar-refractivity contribution in [3.05, 3.63) is 70.2 Å². The number of nitrogens with one attached hydrogen (secondary N) is 3. The lowest BCUT2D eigenvalue weighted by molar-refractivity contribution is -0.123. The largest absolute Gasteiger partial charge is 0.484 e. The summed E-state index contributed by atoms with van der Waals surface area (Å²) in [5.74, 6) is -0.271. The lowest BCUT2D eigenvalue weighted by atomic mass is 10.2. The van der Waals surface area contributed by atoms with Gasteiger partial charge in [0, 0.05) is 10.5 Å². The fraction of sp³-hybridized carbons (Fsp3) is 0.105. The Kier molecular flexibility index (Phi) is 7.97. The average molecular weight is 448 g/mol. The zero-order valence-electron chi connectivity index (χ0n) is 14.5. The molecule has 140 valence electrons. The van der Waals surface area contributed by atoms with E-state index in [1.54, 1.807) is 12.1 Å². The molecule has 2 rings (SSSR count). The molecule has 0 spiro atoms. The van der Waals surface area contributed by atoms with Gasteiger partial charge in [-0.05, 0) is 54.5 Å². The van der Waals surface area contributed by atoms with Crippen LogP contribution in [0.25, 0.3) is 6.08 Å². The lowest BCUT2D eigenvalue weighted by Gasteiger charge is -2.11. The van der Waals surface area contributed by atoms with Gasteiger partial charge < -0.3 is 4.74 Å². The van der Waals surface area contributed by atoms with Crippen molar-refractivity contribution >= 4 is 51.2 Å². The summed E-state index contributed by atoms with van der Waals surface area (Å²) in [6.45, 7) is 1.73. The molecule has 0 fully saturated rings. The average Bonchev–Trinajstić information content (AvgIpc) is 2.66. The van der Waals surface area contributed by atoms with Gasteiger partial charge in [-0.25, -0.2) is 0 Å². The zero-order valence-corrected chi connectivity index (χ0v) is 16.9. The molecular formula is C19H18BrN3O3S. The fourth-order valence-electron chi connectivity index (χ4n) is 1.94. The summed E-state index contributed by atoms with van der Waals surface area (Å²) in [5, 5.41) is 2.40. The second kappa shape index (κ2) is 10.4. The van der Waals surface area contributed by atoms with Crippen LogP contribution in [0.5, 0.6) is 5.75 Å². The quantitative estimate of drug-likeness (QED) is 0.373. The van der Waals surface area contributed by atoms with Crippen molar-refractivity contribution in [2.45, 2.75) is 6.92 Å². The molecule has 0 radical (unpaired) electrons. The number of carbonyl (C=O) groups excluding carboxylic acids is 2. The Balaban J connectivity index is 1.69. The Bertz CT molecular complexity index is 857. The van der Waals surface area contributed by atoms with Crippen LogP contribution < -0.4 is 20.9 Å². The topological polar surface area (TPSA) is 79.5 Å². The van der Waals surface area contributed by atoms with E-state index in [4.69, 9.17) is 17.0 Å². The van der Waals surface area contributed by atoms with Crippen LogP contribution in [-0.2, 0) is 9.59 Å². The third kappa shape index (κ3) is 7.59. The Labute approximate surface area is 171 Å². The molecule has 0 aromatic heterocycles. The molecule has 0 aliphatic heterocycles. The molecule has 3 N–H and O–H groups in total. The molecule has 0 aliphatic rings. The van der Waals surface area contributed by atoms with Gasteiger partial charge >= 0.3 is 0 Å². The molecular weight excluding hydrogens is 430 g/mol. The first kappa shape index (κ1) is 20.6. The van der Waals surface area contributed by atoms with Crippen molar-refractivity contribution in [2.75, 3.05) is 6.61 Å². The highest BCUT2D eigenvalue weighted by atomic mass is 79.9. The Morgan fingerprint density at radius 2 is 1.89 bits per heavy atom. The minimum atomic E-state index is -0.438. The van der Waals surface area contributed by atoms with E-state index in [9.17, 15) is 9.59 Å². The molecule has 0 saturated carbocycles. The van der Waals surface area contributed by atoms with Crippen LogP contribution in [0.4, 0.5) is 0 Å². The Hall–Kier alpha value is -2.71. The number of aryl methyl sites for hydroxylation is 1. The fourth-order valence-corrected chi connectivity index (χ4v) is 2.34. The van der Waals surface area contributed by atoms with Crippen molar-refractivity contribution in [3.8, 4) is 5.75 Å². The predicted octanol–water partition coefficient (Wildman–Crippen LogP) is 2.87. The maximum atomic E-state index is 11.8. The number of hydrogen-bond donors (Lipinski definition) is 3. The molecule has 0 atom stereocenters. The number of rotatable bonds is 5. The van der Waals surface area contributed by atoms with Gasteiger partial charge in [0.05, 0.1) is 0 Å². The highest BCUT2D eigenvalue weighted by Gasteiger charge is 2.06. The highest BCUT2D eigenvalue weighted by molar-refractivity contribution is 9.10. The van der Waals surface area contributed by atoms with E-state index in [0.29, 0.717) is 5.75 Å². The van der Waals surface area contributed by atoms with E-state index in [0.717, 1.165) is 15.6 Å². The number of carbonyl (C=O) groups is 2. The second-order valence-electron chi connectivity index (χ2n) is 5.44. The summed E-state index contributed by atoms with van der Waals surface area (Å²) in [5.41, 5.74) is 6.69. The molecule has 2 amide bonds. The molecule has 27 heavy (non-hydrogen) atoms. The van der Waals surface area contributed by atoms with Crippen molar-refractivity contribution in [1.82, 2.24) is 16.2 Å². The van der Waals surface area contributed by atoms with Gasteiger partial charge in [0.25, 0.3) is 5.91 Å². The predicted molar refractivity (Wildman–Crippen MR) is 112 cm³/mol. The van der Waals surface area contributed by atoms with Crippen molar-refractivity contribution < 1.29 is 14.3 Å². The molecule has 8 heteroatoms. The van der Waals surface area contributed by atoms with E-state index >= 15 is 0 Å². The Morgan fingerprint density at radius 3 is 2.59 bits per heavy atom. The van der Waals surface area contributed by atoms with E-state index in [2.05, 4.69) is 32.1 Å². The van der Waals surface area contributed by atoms with Crippen molar-refractivity contribution in [3.63, 3.8) is 0 Å². The van der Waals surface area contributed by atoms with Crippen LogP contribution in [0.15, 0.2) is 59.1 Å². The first-order valence-electron chi connectivity index (χ1n) is 7.96. The van der Waals surface area contributed by atoms with Gasteiger partial charge in [-0.15, -0.1) is 0 Å². The van der Waals surface area contributed by atoms with Gasteiger partial charge in [0.2, 0.25) is 5.91 Å². The number of ether oxygens (including phenoxy) is 1. The van der Waals surface area contributed by atoms with E-state index < -0.39 is 11.8 Å². The van der Waals surface area contributed by atoms with Gasteiger partial charge in [-0.3, -0.25) is 25.8 Å². The summed E-state index contributed by atoms with van der Waals surface area (Å²) < 4.78 is 6.35. The van der Waals surface area contributed by atoms with Crippen LogP contribution in [0.3, 0.4) is 0 Å². The third-order valence-corrected chi connectivity index (χ3v) is 4.37. The smallest absolute Gasteiger partial charge is 0.276 e. The highest BCUT2D eigenvalue weighted by Crippen LogP contribution is 2.21. The monoisotopic (exact) mass is 447 g/mol. The number of benzene rings is 2. The Morgan fingerprint density at radius 1 is 1.15 bits per heavy atom. The van der Waals surface area contributed by atoms with Gasteiger partial charge in [-0.2, -0.15) is 0 Å². The summed E-state index contributed by atoms with van der Waals surface area (Å²) in [6.07, 6.45) is 3.01. The summed E-state index contributed by atoms with van der Waals surface area (Å²) in [4.78, 5) is 23.5. The third-order valence-electron chi connectivity index (χ3n) is 3.28. The number of hydrazine groups is 1. The van der Waals surface area contributed by atoms with Gasteiger partial charge in [-0.1, -0.05) is 46.3 Å². The minimum absolute atomic E-state index is 0.0226. The number of halogens is 1. The summed E-state index contributed by atoms with van der Waals surface area (Å²) in [7, 11) is 0. The van der Waals surface area contributed by atoms with Crippen LogP contribution in [-0.4, -0.2) is 23.5 Å². The lowest BCUT2D eigenvalue weighted by Crippen LogP contribution is -2.49. The first-order valence-corrected chi connectivity index (χ1v) is 9.16. The van der Waals surface area contributed by atoms with E-state index in [1.165, 1.54) is 6.08 Å². The van der Waals surface area contributed by atoms with E-state index in [-0.39, 0.29) is 11.7 Å². The molecule has 2 aromatic rings. The molecule has 0 bridgehead atoms. The van der Waals surface area contributed by atoms with Crippen LogP contribution in [0.2, 0.25) is 0 Å². The number of amides is 2.